The lowest BCUT2D eigenvalue weighted by Crippen LogP contribution is -2.42. The van der Waals surface area contributed by atoms with Gasteiger partial charge in [-0.3, -0.25) is 9.59 Å². The lowest BCUT2D eigenvalue weighted by molar-refractivity contribution is 0.0694. The minimum Gasteiger partial charge on any atom is -0.503 e. The number of aromatic nitrogens is 1. The van der Waals surface area contributed by atoms with E-state index in [2.05, 4.69) is 12.7 Å². The number of aromatic hydroxyl groups is 1. The van der Waals surface area contributed by atoms with E-state index in [4.69, 9.17) is 0 Å². The molecule has 0 radical (unpaired) electrons. The summed E-state index contributed by atoms with van der Waals surface area (Å²) in [7, 11) is 0.534. The third-order valence-electron chi connectivity index (χ3n) is 4.23. The van der Waals surface area contributed by atoms with E-state index in [9.17, 15) is 14.7 Å². The molecule has 124 valence electrons. The van der Waals surface area contributed by atoms with Crippen LogP contribution in [0, 0.1) is 0 Å². The highest BCUT2D eigenvalue weighted by Crippen LogP contribution is 2.50. The minimum absolute atomic E-state index is 0.0730. The summed E-state index contributed by atoms with van der Waals surface area (Å²) >= 11 is 1.60. The molecular weight excluding hydrogens is 331 g/mol. The minimum atomic E-state index is -0.395. The average Bonchev–Trinajstić information content (AvgIpc) is 3.07. The Morgan fingerprint density at radius 1 is 1.35 bits per heavy atom. The van der Waals surface area contributed by atoms with Gasteiger partial charge in [0.05, 0.1) is 4.99 Å². The van der Waals surface area contributed by atoms with Crippen LogP contribution in [0.1, 0.15) is 47.2 Å². The highest BCUT2D eigenvalue weighted by molar-refractivity contribution is 8.08. The van der Waals surface area contributed by atoms with Crippen LogP contribution in [0.25, 0.3) is 0 Å². The maximum absolute atomic E-state index is 12.6. The molecule has 3 heterocycles. The first kappa shape index (κ1) is 16.6. The lowest BCUT2D eigenvalue weighted by atomic mass is 10.1. The first-order chi connectivity index (χ1) is 11.1. The van der Waals surface area contributed by atoms with Gasteiger partial charge in [0, 0.05) is 31.4 Å². The van der Waals surface area contributed by atoms with Crippen LogP contribution >= 0.6 is 20.3 Å². The summed E-state index contributed by atoms with van der Waals surface area (Å²) in [6.07, 6.45) is 4.90. The van der Waals surface area contributed by atoms with Crippen molar-refractivity contribution in [3.8, 4) is 5.75 Å². The van der Waals surface area contributed by atoms with Crippen LogP contribution in [-0.2, 0) is 6.54 Å². The molecular formula is C16H21N2O3PS. The Labute approximate surface area is 141 Å². The molecule has 1 amide bonds. The number of amides is 1. The molecule has 2 aliphatic rings. The Morgan fingerprint density at radius 2 is 2.17 bits per heavy atom. The highest BCUT2D eigenvalue weighted by Gasteiger charge is 2.30. The maximum Gasteiger partial charge on any atom is 0.274 e. The van der Waals surface area contributed by atoms with Crippen molar-refractivity contribution in [1.29, 1.82) is 0 Å². The Bertz CT molecular complexity index is 693. The summed E-state index contributed by atoms with van der Waals surface area (Å²) in [5.41, 5.74) is 0.362. The molecule has 0 fully saturated rings. The van der Waals surface area contributed by atoms with E-state index in [1.807, 2.05) is 5.41 Å². The van der Waals surface area contributed by atoms with E-state index < -0.39 is 5.43 Å². The molecule has 0 saturated carbocycles. The topological polar surface area (TPSA) is 62.5 Å². The van der Waals surface area contributed by atoms with Crippen LogP contribution in [0.15, 0.2) is 22.2 Å². The van der Waals surface area contributed by atoms with Gasteiger partial charge in [-0.15, -0.1) is 11.8 Å². The highest BCUT2D eigenvalue weighted by atomic mass is 32.2. The van der Waals surface area contributed by atoms with Crippen LogP contribution in [0.4, 0.5) is 0 Å². The van der Waals surface area contributed by atoms with Gasteiger partial charge >= 0.3 is 0 Å². The van der Waals surface area contributed by atoms with E-state index in [1.165, 1.54) is 0 Å². The second-order valence-corrected chi connectivity index (χ2v) is 8.47. The normalized spacial score (nSPS) is 21.2. The maximum atomic E-state index is 12.6. The van der Waals surface area contributed by atoms with Crippen LogP contribution < -0.4 is 5.43 Å². The molecule has 1 aromatic heterocycles. The predicted octanol–water partition coefficient (Wildman–Crippen LogP) is 3.10. The first-order valence-electron chi connectivity index (χ1n) is 7.95. The standard InChI is InChI=1S/C16H21N2O3PS/c1-2-3-4-5-17-6-7-18-10-11(16-22-8-9-23-16)13(19)14(20)12(18)15(17)21/h8-10,16,20,22H,2-7H2,1H3. The van der Waals surface area contributed by atoms with E-state index in [-0.39, 0.29) is 22.3 Å². The second-order valence-electron chi connectivity index (χ2n) is 5.79. The van der Waals surface area contributed by atoms with Crippen LogP contribution in [0.3, 0.4) is 0 Å². The number of carbonyl (C=O) groups excluding carboxylic acids is 1. The van der Waals surface area contributed by atoms with Crippen LogP contribution in [0.5, 0.6) is 5.75 Å². The number of fused-ring (bicyclic) bond motifs is 1. The van der Waals surface area contributed by atoms with E-state index in [1.54, 1.807) is 27.4 Å². The van der Waals surface area contributed by atoms with E-state index in [0.29, 0.717) is 33.8 Å². The first-order valence-corrected chi connectivity index (χ1v) is 10.1. The fourth-order valence-corrected chi connectivity index (χ4v) is 5.40. The number of hydrogen-bond donors (Lipinski definition) is 1. The molecule has 1 N–H and O–H groups in total. The van der Waals surface area contributed by atoms with Crippen molar-refractivity contribution < 1.29 is 9.90 Å². The van der Waals surface area contributed by atoms with Crippen LogP contribution in [0.2, 0.25) is 0 Å². The number of hydrogen-bond acceptors (Lipinski definition) is 4. The molecule has 5 nitrogen and oxygen atoms in total. The fourth-order valence-electron chi connectivity index (χ4n) is 2.95. The zero-order valence-corrected chi connectivity index (χ0v) is 14.9. The number of thioether (sulfide) groups is 1. The monoisotopic (exact) mass is 352 g/mol. The Hall–Kier alpha value is -1.26. The van der Waals surface area contributed by atoms with E-state index in [0.717, 1.165) is 19.3 Å². The molecule has 0 bridgehead atoms. The molecule has 2 unspecified atom stereocenters. The third-order valence-corrected chi connectivity index (χ3v) is 7.08. The smallest absolute Gasteiger partial charge is 0.274 e. The summed E-state index contributed by atoms with van der Waals surface area (Å²) < 4.78 is 1.76. The summed E-state index contributed by atoms with van der Waals surface area (Å²) in [4.78, 5) is 26.9. The van der Waals surface area contributed by atoms with Crippen LogP contribution in [-0.4, -0.2) is 33.6 Å². The summed E-state index contributed by atoms with van der Waals surface area (Å²) in [5.74, 6) is 1.44. The molecule has 7 heteroatoms. The molecule has 0 spiro atoms. The number of unbranched alkanes of at least 4 members (excludes halogenated alkanes) is 2. The molecule has 2 aliphatic heterocycles. The number of rotatable bonds is 5. The third kappa shape index (κ3) is 3.20. The predicted molar refractivity (Wildman–Crippen MR) is 95.6 cm³/mol. The van der Waals surface area contributed by atoms with Gasteiger partial charge in [-0.1, -0.05) is 34.2 Å². The SMILES string of the molecule is CCCCCN1CCn2cc(C3PC=CS3)c(=O)c(O)c2C1=O. The summed E-state index contributed by atoms with van der Waals surface area (Å²) in [6.45, 7) is 4.07. The van der Waals surface area contributed by atoms with Crippen molar-refractivity contribution in [2.24, 2.45) is 0 Å². The number of nitrogens with zero attached hydrogens (tertiary/aromatic N) is 2. The molecule has 23 heavy (non-hydrogen) atoms. The molecule has 0 aliphatic carbocycles. The van der Waals surface area contributed by atoms with Gasteiger partial charge in [0.1, 0.15) is 0 Å². The van der Waals surface area contributed by atoms with Crippen molar-refractivity contribution in [2.75, 3.05) is 13.1 Å². The van der Waals surface area contributed by atoms with Gasteiger partial charge in [0.2, 0.25) is 5.43 Å². The zero-order valence-electron chi connectivity index (χ0n) is 13.1. The van der Waals surface area contributed by atoms with Gasteiger partial charge in [-0.2, -0.15) is 0 Å². The van der Waals surface area contributed by atoms with Crippen molar-refractivity contribution in [3.05, 3.63) is 38.9 Å². The largest absolute Gasteiger partial charge is 0.503 e. The number of carbonyl (C=O) groups is 1. The molecule has 2 atom stereocenters. The quantitative estimate of drug-likeness (QED) is 0.653. The van der Waals surface area contributed by atoms with Gasteiger partial charge in [0.15, 0.2) is 11.4 Å². The Kier molecular flexibility index (Phi) is 5.12. The summed E-state index contributed by atoms with van der Waals surface area (Å²) in [5, 5.41) is 12.3. The fraction of sp³-hybridized carbons (Fsp3) is 0.500. The van der Waals surface area contributed by atoms with Gasteiger partial charge < -0.3 is 14.6 Å². The average molecular weight is 352 g/mol. The molecule has 3 rings (SSSR count). The molecule has 0 saturated heterocycles. The van der Waals surface area contributed by atoms with Gasteiger partial charge in [0.25, 0.3) is 5.91 Å². The Balaban J connectivity index is 1.89. The van der Waals surface area contributed by atoms with Gasteiger partial charge in [-0.25, -0.2) is 0 Å². The summed E-state index contributed by atoms with van der Waals surface area (Å²) in [6, 6.07) is 0. The van der Waals surface area contributed by atoms with Gasteiger partial charge in [-0.05, 0) is 11.8 Å². The van der Waals surface area contributed by atoms with Crippen molar-refractivity contribution >= 4 is 26.2 Å². The van der Waals surface area contributed by atoms with Crippen molar-refractivity contribution in [2.45, 2.75) is 37.7 Å². The second kappa shape index (κ2) is 7.10. The zero-order chi connectivity index (χ0) is 16.4. The molecule has 1 aromatic rings. The lowest BCUT2D eigenvalue weighted by Gasteiger charge is -2.31. The molecule has 0 aromatic carbocycles. The number of pyridine rings is 1. The van der Waals surface area contributed by atoms with E-state index >= 15 is 0 Å². The Morgan fingerprint density at radius 3 is 2.87 bits per heavy atom. The van der Waals surface area contributed by atoms with Crippen molar-refractivity contribution in [1.82, 2.24) is 9.47 Å². The van der Waals surface area contributed by atoms with Crippen molar-refractivity contribution in [3.63, 3.8) is 0 Å².